The van der Waals surface area contributed by atoms with Crippen molar-refractivity contribution in [1.82, 2.24) is 0 Å². The summed E-state index contributed by atoms with van der Waals surface area (Å²) < 4.78 is 4.95. The van der Waals surface area contributed by atoms with E-state index in [4.69, 9.17) is 4.74 Å². The average molecular weight is 172 g/mol. The number of epoxide rings is 1. The van der Waals surface area contributed by atoms with Gasteiger partial charge < -0.3 is 9.84 Å². The van der Waals surface area contributed by atoms with Crippen molar-refractivity contribution in [1.29, 1.82) is 0 Å². The van der Waals surface area contributed by atoms with E-state index in [9.17, 15) is 9.90 Å². The van der Waals surface area contributed by atoms with Crippen LogP contribution in [0.5, 0.6) is 0 Å². The van der Waals surface area contributed by atoms with Gasteiger partial charge in [-0.2, -0.15) is 0 Å². The molecule has 3 nitrogen and oxygen atoms in total. The zero-order valence-corrected chi connectivity index (χ0v) is 7.83. The predicted molar refractivity (Wildman–Crippen MR) is 44.8 cm³/mol. The third-order valence-electron chi connectivity index (χ3n) is 2.10. The molecule has 1 saturated heterocycles. The second-order valence-electron chi connectivity index (χ2n) is 4.03. The zero-order valence-electron chi connectivity index (χ0n) is 7.83. The summed E-state index contributed by atoms with van der Waals surface area (Å²) in [6.45, 7) is 6.14. The second-order valence-corrected chi connectivity index (χ2v) is 4.03. The number of aliphatic hydroxyl groups is 1. The molecule has 0 radical (unpaired) electrons. The standard InChI is InChI=1S/C9H16O3/c1-6(2)4-7(10)8(11)9(3)5-12-9/h6-7,10H,4-5H2,1-3H3/t7-,9+/m0/s1. The number of carbonyl (C=O) groups excluding carboxylic acids is 1. The Morgan fingerprint density at radius 1 is 1.67 bits per heavy atom. The van der Waals surface area contributed by atoms with Gasteiger partial charge in [-0.05, 0) is 19.3 Å². The Labute approximate surface area is 72.7 Å². The van der Waals surface area contributed by atoms with E-state index < -0.39 is 11.7 Å². The molecular weight excluding hydrogens is 156 g/mol. The number of aliphatic hydroxyl groups excluding tert-OH is 1. The first kappa shape index (κ1) is 9.68. The van der Waals surface area contributed by atoms with Gasteiger partial charge in [0.05, 0.1) is 6.61 Å². The highest BCUT2D eigenvalue weighted by molar-refractivity contribution is 5.92. The van der Waals surface area contributed by atoms with E-state index in [1.807, 2.05) is 13.8 Å². The van der Waals surface area contributed by atoms with Gasteiger partial charge in [-0.25, -0.2) is 0 Å². The molecule has 0 amide bonds. The highest BCUT2D eigenvalue weighted by Crippen LogP contribution is 2.29. The van der Waals surface area contributed by atoms with E-state index in [0.717, 1.165) is 0 Å². The number of hydrogen-bond acceptors (Lipinski definition) is 3. The molecule has 12 heavy (non-hydrogen) atoms. The Morgan fingerprint density at radius 2 is 2.17 bits per heavy atom. The topological polar surface area (TPSA) is 49.8 Å². The lowest BCUT2D eigenvalue weighted by molar-refractivity contribution is -0.132. The Kier molecular flexibility index (Phi) is 2.54. The van der Waals surface area contributed by atoms with E-state index in [-0.39, 0.29) is 5.78 Å². The average Bonchev–Trinajstić information content (AvgIpc) is 2.66. The van der Waals surface area contributed by atoms with E-state index >= 15 is 0 Å². The van der Waals surface area contributed by atoms with Crippen LogP contribution in [0.2, 0.25) is 0 Å². The van der Waals surface area contributed by atoms with Crippen LogP contribution in [-0.2, 0) is 9.53 Å². The molecule has 0 aromatic heterocycles. The van der Waals surface area contributed by atoms with Crippen LogP contribution in [0.4, 0.5) is 0 Å². The Bertz CT molecular complexity index is 182. The molecule has 3 heteroatoms. The largest absolute Gasteiger partial charge is 0.385 e. The van der Waals surface area contributed by atoms with Gasteiger partial charge in [0.2, 0.25) is 0 Å². The fourth-order valence-electron chi connectivity index (χ4n) is 1.16. The quantitative estimate of drug-likeness (QED) is 0.637. The van der Waals surface area contributed by atoms with Gasteiger partial charge in [0.15, 0.2) is 5.78 Å². The lowest BCUT2D eigenvalue weighted by Gasteiger charge is -2.13. The van der Waals surface area contributed by atoms with Gasteiger partial charge in [-0.3, -0.25) is 4.79 Å². The van der Waals surface area contributed by atoms with E-state index in [1.165, 1.54) is 0 Å². The van der Waals surface area contributed by atoms with Crippen LogP contribution in [0.15, 0.2) is 0 Å². The maximum absolute atomic E-state index is 11.4. The molecule has 0 aromatic rings. The Hall–Kier alpha value is -0.410. The summed E-state index contributed by atoms with van der Waals surface area (Å²) in [7, 11) is 0. The second kappa shape index (κ2) is 3.15. The van der Waals surface area contributed by atoms with Crippen LogP contribution in [0.25, 0.3) is 0 Å². The zero-order chi connectivity index (χ0) is 9.35. The summed E-state index contributed by atoms with van der Waals surface area (Å²) in [5.41, 5.74) is -0.672. The fraction of sp³-hybridized carbons (Fsp3) is 0.889. The van der Waals surface area contributed by atoms with Crippen LogP contribution in [0.3, 0.4) is 0 Å². The van der Waals surface area contributed by atoms with Crippen LogP contribution in [0, 0.1) is 5.92 Å². The van der Waals surface area contributed by atoms with Crippen molar-refractivity contribution in [3.8, 4) is 0 Å². The molecular formula is C9H16O3. The van der Waals surface area contributed by atoms with Crippen molar-refractivity contribution in [2.45, 2.75) is 38.9 Å². The maximum Gasteiger partial charge on any atom is 0.195 e. The molecule has 0 bridgehead atoms. The third-order valence-corrected chi connectivity index (χ3v) is 2.10. The number of ketones is 1. The number of carbonyl (C=O) groups is 1. The molecule has 1 aliphatic heterocycles. The summed E-state index contributed by atoms with van der Waals surface area (Å²) in [6.07, 6.45) is -0.324. The summed E-state index contributed by atoms with van der Waals surface area (Å²) in [5.74, 6) is 0.169. The molecule has 2 atom stereocenters. The molecule has 70 valence electrons. The molecule has 1 heterocycles. The van der Waals surface area contributed by atoms with Crippen LogP contribution >= 0.6 is 0 Å². The first-order valence-electron chi connectivity index (χ1n) is 4.32. The van der Waals surface area contributed by atoms with E-state index in [1.54, 1.807) is 6.92 Å². The smallest absolute Gasteiger partial charge is 0.195 e. The summed E-state index contributed by atoms with van der Waals surface area (Å²) in [5, 5.41) is 9.43. The maximum atomic E-state index is 11.4. The molecule has 0 aromatic carbocycles. The summed E-state index contributed by atoms with van der Waals surface area (Å²) >= 11 is 0. The van der Waals surface area contributed by atoms with Crippen molar-refractivity contribution >= 4 is 5.78 Å². The molecule has 0 saturated carbocycles. The molecule has 0 unspecified atom stereocenters. The van der Waals surface area contributed by atoms with Crippen molar-refractivity contribution in [2.24, 2.45) is 5.92 Å². The number of ether oxygens (including phenoxy) is 1. The first-order chi connectivity index (χ1) is 5.46. The Balaban J connectivity index is 2.42. The van der Waals surface area contributed by atoms with Gasteiger partial charge in [0, 0.05) is 0 Å². The van der Waals surface area contributed by atoms with Crippen molar-refractivity contribution in [3.63, 3.8) is 0 Å². The monoisotopic (exact) mass is 172 g/mol. The van der Waals surface area contributed by atoms with Crippen LogP contribution < -0.4 is 0 Å². The normalized spacial score (nSPS) is 30.4. The van der Waals surface area contributed by atoms with Gasteiger partial charge in [-0.15, -0.1) is 0 Å². The fourth-order valence-corrected chi connectivity index (χ4v) is 1.16. The van der Waals surface area contributed by atoms with Gasteiger partial charge >= 0.3 is 0 Å². The molecule has 0 aliphatic carbocycles. The lowest BCUT2D eigenvalue weighted by atomic mass is 9.96. The van der Waals surface area contributed by atoms with E-state index in [2.05, 4.69) is 0 Å². The van der Waals surface area contributed by atoms with Gasteiger partial charge in [-0.1, -0.05) is 13.8 Å². The molecule has 1 N–H and O–H groups in total. The number of rotatable bonds is 4. The van der Waals surface area contributed by atoms with Crippen LogP contribution in [0.1, 0.15) is 27.2 Å². The van der Waals surface area contributed by atoms with Crippen molar-refractivity contribution in [2.75, 3.05) is 6.61 Å². The molecule has 1 fully saturated rings. The van der Waals surface area contributed by atoms with Crippen LogP contribution in [-0.4, -0.2) is 29.2 Å². The highest BCUT2D eigenvalue weighted by Gasteiger charge is 2.49. The highest BCUT2D eigenvalue weighted by atomic mass is 16.6. The minimum atomic E-state index is -0.850. The minimum Gasteiger partial charge on any atom is -0.385 e. The number of Topliss-reactive ketones (excluding diaryl/α,β-unsaturated/α-hetero) is 1. The molecule has 0 spiro atoms. The minimum absolute atomic E-state index is 0.170. The summed E-state index contributed by atoms with van der Waals surface area (Å²) in [4.78, 5) is 11.4. The first-order valence-corrected chi connectivity index (χ1v) is 4.32. The molecule has 1 rings (SSSR count). The predicted octanol–water partition coefficient (Wildman–Crippen LogP) is 0.751. The Morgan fingerprint density at radius 3 is 2.50 bits per heavy atom. The number of hydrogen-bond donors (Lipinski definition) is 1. The summed E-state index contributed by atoms with van der Waals surface area (Å²) in [6, 6.07) is 0. The lowest BCUT2D eigenvalue weighted by Crippen LogP contribution is -2.33. The SMILES string of the molecule is CC(C)C[C@H](O)C(=O)[C@@]1(C)CO1. The van der Waals surface area contributed by atoms with Crippen molar-refractivity contribution in [3.05, 3.63) is 0 Å². The van der Waals surface area contributed by atoms with E-state index in [0.29, 0.717) is 18.9 Å². The van der Waals surface area contributed by atoms with Crippen molar-refractivity contribution < 1.29 is 14.6 Å². The third kappa shape index (κ3) is 2.05. The van der Waals surface area contributed by atoms with Gasteiger partial charge in [0.1, 0.15) is 11.7 Å². The van der Waals surface area contributed by atoms with Gasteiger partial charge in [0.25, 0.3) is 0 Å². The molecule has 1 aliphatic rings.